The van der Waals surface area contributed by atoms with Crippen molar-refractivity contribution in [1.82, 2.24) is 4.98 Å². The number of hydrogen-bond acceptors (Lipinski definition) is 3. The van der Waals surface area contributed by atoms with Gasteiger partial charge in [0.15, 0.2) is 0 Å². The van der Waals surface area contributed by atoms with Gasteiger partial charge >= 0.3 is 0 Å². The number of pyridine rings is 1. The number of nitrogens with zero attached hydrogens (tertiary/aromatic N) is 2. The van der Waals surface area contributed by atoms with Crippen LogP contribution in [0.25, 0.3) is 0 Å². The van der Waals surface area contributed by atoms with Crippen LogP contribution in [-0.4, -0.2) is 23.6 Å². The fraction of sp³-hybridized carbons (Fsp3) is 0.545. The Bertz CT molecular complexity index is 326. The molecule has 0 bridgehead atoms. The highest BCUT2D eigenvalue weighted by Crippen LogP contribution is 2.43. The van der Waals surface area contributed by atoms with E-state index < -0.39 is 0 Å². The molecule has 2 N–H and O–H groups in total. The molecule has 0 radical (unpaired) electrons. The minimum atomic E-state index is 0.114. The smallest absolute Gasteiger partial charge is 0.0538 e. The van der Waals surface area contributed by atoms with Crippen molar-refractivity contribution in [3.05, 3.63) is 24.5 Å². The molecule has 2 heterocycles. The highest BCUT2D eigenvalue weighted by molar-refractivity contribution is 5.50. The van der Waals surface area contributed by atoms with E-state index >= 15 is 0 Å². The van der Waals surface area contributed by atoms with Gasteiger partial charge in [0.1, 0.15) is 0 Å². The van der Waals surface area contributed by atoms with E-state index in [0.717, 1.165) is 19.0 Å². The van der Waals surface area contributed by atoms with Crippen molar-refractivity contribution in [3.8, 4) is 0 Å². The summed E-state index contributed by atoms with van der Waals surface area (Å²) in [6, 6.07) is 4.10. The third-order valence-electron chi connectivity index (χ3n) is 3.39. The van der Waals surface area contributed by atoms with Crippen molar-refractivity contribution in [2.75, 3.05) is 18.0 Å². The molecule has 1 saturated heterocycles. The average Bonchev–Trinajstić information content (AvgIpc) is 2.98. The van der Waals surface area contributed by atoms with Gasteiger partial charge in [-0.1, -0.05) is 0 Å². The average molecular weight is 189 g/mol. The van der Waals surface area contributed by atoms with E-state index in [-0.39, 0.29) is 5.54 Å². The third kappa shape index (κ3) is 1.20. The monoisotopic (exact) mass is 189 g/mol. The van der Waals surface area contributed by atoms with Crippen LogP contribution in [0.1, 0.15) is 12.8 Å². The number of hydrogen-bond donors (Lipinski definition) is 1. The minimum Gasteiger partial charge on any atom is -0.368 e. The maximum atomic E-state index is 6.28. The molecule has 74 valence electrons. The SMILES string of the molecule is NC1(C2CC2)CN(c2ccncc2)C1. The predicted octanol–water partition coefficient (Wildman–Crippen LogP) is 1.01. The molecule has 1 saturated carbocycles. The molecule has 1 aliphatic heterocycles. The van der Waals surface area contributed by atoms with Crippen molar-refractivity contribution in [3.63, 3.8) is 0 Å². The summed E-state index contributed by atoms with van der Waals surface area (Å²) in [5.41, 5.74) is 7.64. The van der Waals surface area contributed by atoms with E-state index in [0.29, 0.717) is 0 Å². The van der Waals surface area contributed by atoms with Crippen molar-refractivity contribution in [2.45, 2.75) is 18.4 Å². The molecular formula is C11H15N3. The summed E-state index contributed by atoms with van der Waals surface area (Å²) in [6.45, 7) is 2.03. The van der Waals surface area contributed by atoms with E-state index in [9.17, 15) is 0 Å². The van der Waals surface area contributed by atoms with E-state index in [1.165, 1.54) is 18.5 Å². The second kappa shape index (κ2) is 2.70. The summed E-state index contributed by atoms with van der Waals surface area (Å²) < 4.78 is 0. The Kier molecular flexibility index (Phi) is 1.59. The number of rotatable bonds is 2. The van der Waals surface area contributed by atoms with Gasteiger partial charge in [-0.15, -0.1) is 0 Å². The Morgan fingerprint density at radius 3 is 2.50 bits per heavy atom. The van der Waals surface area contributed by atoms with Gasteiger partial charge in [0.05, 0.1) is 5.54 Å². The summed E-state index contributed by atoms with van der Waals surface area (Å²) in [5, 5.41) is 0. The van der Waals surface area contributed by atoms with Crippen LogP contribution < -0.4 is 10.6 Å². The molecule has 0 unspecified atom stereocenters. The lowest BCUT2D eigenvalue weighted by molar-refractivity contribution is 0.291. The highest BCUT2D eigenvalue weighted by atomic mass is 15.3. The Balaban J connectivity index is 1.69. The zero-order valence-electron chi connectivity index (χ0n) is 8.19. The topological polar surface area (TPSA) is 42.1 Å². The van der Waals surface area contributed by atoms with Crippen LogP contribution >= 0.6 is 0 Å². The van der Waals surface area contributed by atoms with Crippen LogP contribution in [0, 0.1) is 5.92 Å². The van der Waals surface area contributed by atoms with Gasteiger partial charge in [-0.25, -0.2) is 0 Å². The lowest BCUT2D eigenvalue weighted by Crippen LogP contribution is -2.69. The predicted molar refractivity (Wildman–Crippen MR) is 56.1 cm³/mol. The summed E-state index contributed by atoms with van der Waals surface area (Å²) in [4.78, 5) is 6.35. The zero-order valence-corrected chi connectivity index (χ0v) is 8.19. The maximum absolute atomic E-state index is 6.28. The summed E-state index contributed by atoms with van der Waals surface area (Å²) in [6.07, 6.45) is 6.34. The van der Waals surface area contributed by atoms with E-state index in [4.69, 9.17) is 5.73 Å². The van der Waals surface area contributed by atoms with Crippen LogP contribution in [0.4, 0.5) is 5.69 Å². The second-order valence-corrected chi connectivity index (χ2v) is 4.57. The van der Waals surface area contributed by atoms with Gasteiger partial charge in [0.2, 0.25) is 0 Å². The first-order valence-electron chi connectivity index (χ1n) is 5.22. The van der Waals surface area contributed by atoms with Crippen molar-refractivity contribution < 1.29 is 0 Å². The molecular weight excluding hydrogens is 174 g/mol. The van der Waals surface area contributed by atoms with Crippen LogP contribution in [-0.2, 0) is 0 Å². The van der Waals surface area contributed by atoms with Gasteiger partial charge < -0.3 is 10.6 Å². The molecule has 3 nitrogen and oxygen atoms in total. The lowest BCUT2D eigenvalue weighted by Gasteiger charge is -2.49. The Hall–Kier alpha value is -1.09. The quantitative estimate of drug-likeness (QED) is 0.755. The molecule has 1 aromatic rings. The summed E-state index contributed by atoms with van der Waals surface area (Å²) >= 11 is 0. The van der Waals surface area contributed by atoms with Crippen molar-refractivity contribution in [2.24, 2.45) is 11.7 Å². The largest absolute Gasteiger partial charge is 0.368 e. The molecule has 2 fully saturated rings. The molecule has 0 atom stereocenters. The first-order valence-corrected chi connectivity index (χ1v) is 5.22. The fourth-order valence-corrected chi connectivity index (χ4v) is 2.32. The first kappa shape index (κ1) is 8.24. The Morgan fingerprint density at radius 2 is 1.93 bits per heavy atom. The second-order valence-electron chi connectivity index (χ2n) is 4.57. The molecule has 1 aliphatic carbocycles. The molecule has 3 heteroatoms. The van der Waals surface area contributed by atoms with Gasteiger partial charge in [-0.2, -0.15) is 0 Å². The molecule has 0 aromatic carbocycles. The molecule has 1 aromatic heterocycles. The van der Waals surface area contributed by atoms with Crippen LogP contribution in [0.3, 0.4) is 0 Å². The Labute approximate surface area is 83.9 Å². The standard InChI is InChI=1S/C11H15N3/c12-11(9-1-2-9)7-14(8-11)10-3-5-13-6-4-10/h3-6,9H,1-2,7-8,12H2. The van der Waals surface area contributed by atoms with Crippen LogP contribution in [0.15, 0.2) is 24.5 Å². The minimum absolute atomic E-state index is 0.114. The normalized spacial score (nSPS) is 24.5. The molecule has 0 amide bonds. The van der Waals surface area contributed by atoms with Crippen LogP contribution in [0.2, 0.25) is 0 Å². The molecule has 2 aliphatic rings. The number of anilines is 1. The first-order chi connectivity index (χ1) is 6.78. The number of aromatic nitrogens is 1. The van der Waals surface area contributed by atoms with E-state index in [2.05, 4.69) is 9.88 Å². The Morgan fingerprint density at radius 1 is 1.29 bits per heavy atom. The van der Waals surface area contributed by atoms with Crippen molar-refractivity contribution >= 4 is 5.69 Å². The van der Waals surface area contributed by atoms with Crippen molar-refractivity contribution in [1.29, 1.82) is 0 Å². The third-order valence-corrected chi connectivity index (χ3v) is 3.39. The summed E-state index contributed by atoms with van der Waals surface area (Å²) in [5.74, 6) is 0.792. The van der Waals surface area contributed by atoms with Crippen LogP contribution in [0.5, 0.6) is 0 Å². The van der Waals surface area contributed by atoms with E-state index in [1.54, 1.807) is 0 Å². The number of nitrogens with two attached hydrogens (primary N) is 1. The zero-order chi connectivity index (χ0) is 9.60. The lowest BCUT2D eigenvalue weighted by atomic mass is 9.85. The van der Waals surface area contributed by atoms with Gasteiger partial charge in [0.25, 0.3) is 0 Å². The highest BCUT2D eigenvalue weighted by Gasteiger charge is 2.50. The molecule has 14 heavy (non-hydrogen) atoms. The van der Waals surface area contributed by atoms with E-state index in [1.807, 2.05) is 24.5 Å². The fourth-order valence-electron chi connectivity index (χ4n) is 2.32. The van der Waals surface area contributed by atoms with Gasteiger partial charge in [0, 0.05) is 31.2 Å². The van der Waals surface area contributed by atoms with Gasteiger partial charge in [-0.3, -0.25) is 4.98 Å². The van der Waals surface area contributed by atoms with Gasteiger partial charge in [-0.05, 0) is 30.9 Å². The maximum Gasteiger partial charge on any atom is 0.0538 e. The molecule has 0 spiro atoms. The summed E-state index contributed by atoms with van der Waals surface area (Å²) in [7, 11) is 0. The molecule has 3 rings (SSSR count).